The van der Waals surface area contributed by atoms with E-state index in [2.05, 4.69) is 4.90 Å². The highest BCUT2D eigenvalue weighted by Crippen LogP contribution is 2.36. The van der Waals surface area contributed by atoms with Crippen LogP contribution in [0.3, 0.4) is 0 Å². The van der Waals surface area contributed by atoms with Crippen molar-refractivity contribution in [2.75, 3.05) is 13.1 Å². The van der Waals surface area contributed by atoms with Crippen LogP contribution in [0.25, 0.3) is 0 Å². The molecule has 24 heavy (non-hydrogen) atoms. The second kappa shape index (κ2) is 7.56. The van der Waals surface area contributed by atoms with Gasteiger partial charge in [0.05, 0.1) is 12.0 Å². The molecule has 1 heterocycles. The molecule has 3 nitrogen and oxygen atoms in total. The van der Waals surface area contributed by atoms with Crippen LogP contribution in [0.1, 0.15) is 30.0 Å². The number of rotatable bonds is 4. The highest BCUT2D eigenvalue weighted by molar-refractivity contribution is 6.31. The summed E-state index contributed by atoms with van der Waals surface area (Å²) in [7, 11) is 0. The van der Waals surface area contributed by atoms with Crippen molar-refractivity contribution in [3.8, 4) is 0 Å². The van der Waals surface area contributed by atoms with Gasteiger partial charge in [-0.15, -0.1) is 0 Å². The first-order chi connectivity index (χ1) is 11.6. The van der Waals surface area contributed by atoms with Crippen molar-refractivity contribution in [3.63, 3.8) is 0 Å². The van der Waals surface area contributed by atoms with Crippen LogP contribution in [0.5, 0.6) is 0 Å². The molecule has 1 unspecified atom stereocenters. The van der Waals surface area contributed by atoms with Crippen molar-refractivity contribution in [2.45, 2.75) is 18.9 Å². The number of carbonyl (C=O) groups is 1. The summed E-state index contributed by atoms with van der Waals surface area (Å²) >= 11 is 12.5. The lowest BCUT2D eigenvalue weighted by atomic mass is 9.91. The fraction of sp³-hybridized carbons (Fsp3) is 0.316. The van der Waals surface area contributed by atoms with Crippen molar-refractivity contribution in [1.82, 2.24) is 4.90 Å². The monoisotopic (exact) mass is 363 g/mol. The Bertz CT molecular complexity index is 710. The maximum atomic E-state index is 11.2. The van der Waals surface area contributed by atoms with Gasteiger partial charge < -0.3 is 5.11 Å². The van der Waals surface area contributed by atoms with E-state index in [1.165, 1.54) is 0 Å². The van der Waals surface area contributed by atoms with E-state index in [0.29, 0.717) is 17.9 Å². The van der Waals surface area contributed by atoms with Crippen LogP contribution < -0.4 is 0 Å². The SMILES string of the molecule is O=C(O)C1CCN(C(c2ccc(Cl)cc2)c2ccccc2Cl)CC1. The fourth-order valence-electron chi connectivity index (χ4n) is 3.33. The molecule has 0 aromatic heterocycles. The van der Waals surface area contributed by atoms with E-state index in [4.69, 9.17) is 23.2 Å². The summed E-state index contributed by atoms with van der Waals surface area (Å²) in [4.78, 5) is 13.5. The number of carboxylic acids is 1. The molecular weight excluding hydrogens is 345 g/mol. The second-order valence-electron chi connectivity index (χ2n) is 6.12. The maximum Gasteiger partial charge on any atom is 0.306 e. The molecule has 1 fully saturated rings. The van der Waals surface area contributed by atoms with Gasteiger partial charge in [0.1, 0.15) is 0 Å². The zero-order valence-electron chi connectivity index (χ0n) is 13.2. The van der Waals surface area contributed by atoms with Gasteiger partial charge in [-0.2, -0.15) is 0 Å². The van der Waals surface area contributed by atoms with E-state index in [9.17, 15) is 9.90 Å². The number of aliphatic carboxylic acids is 1. The van der Waals surface area contributed by atoms with Gasteiger partial charge in [-0.1, -0.05) is 53.5 Å². The topological polar surface area (TPSA) is 40.5 Å². The van der Waals surface area contributed by atoms with Gasteiger partial charge >= 0.3 is 5.97 Å². The van der Waals surface area contributed by atoms with Gasteiger partial charge in [-0.25, -0.2) is 0 Å². The zero-order valence-corrected chi connectivity index (χ0v) is 14.7. The summed E-state index contributed by atoms with van der Waals surface area (Å²) in [5, 5.41) is 10.6. The van der Waals surface area contributed by atoms with E-state index in [1.807, 2.05) is 48.5 Å². The van der Waals surface area contributed by atoms with Crippen molar-refractivity contribution in [3.05, 3.63) is 69.7 Å². The lowest BCUT2D eigenvalue weighted by Gasteiger charge is -2.37. The lowest BCUT2D eigenvalue weighted by molar-refractivity contribution is -0.143. The van der Waals surface area contributed by atoms with E-state index in [1.54, 1.807) is 0 Å². The molecule has 1 N–H and O–H groups in total. The van der Waals surface area contributed by atoms with Gasteiger partial charge in [-0.05, 0) is 55.3 Å². The van der Waals surface area contributed by atoms with Crippen LogP contribution in [0.4, 0.5) is 0 Å². The molecular formula is C19H19Cl2NO2. The number of benzene rings is 2. The lowest BCUT2D eigenvalue weighted by Crippen LogP contribution is -2.39. The predicted molar refractivity (Wildman–Crippen MR) is 96.7 cm³/mol. The van der Waals surface area contributed by atoms with Crippen molar-refractivity contribution in [2.24, 2.45) is 5.92 Å². The number of nitrogens with zero attached hydrogens (tertiary/aromatic N) is 1. The summed E-state index contributed by atoms with van der Waals surface area (Å²) in [5.41, 5.74) is 2.15. The molecule has 2 aromatic carbocycles. The van der Waals surface area contributed by atoms with Crippen LogP contribution in [0.2, 0.25) is 10.0 Å². The molecule has 0 saturated carbocycles. The molecule has 1 atom stereocenters. The molecule has 2 aromatic rings. The third-order valence-electron chi connectivity index (χ3n) is 4.63. The van der Waals surface area contributed by atoms with Crippen molar-refractivity contribution in [1.29, 1.82) is 0 Å². The molecule has 126 valence electrons. The smallest absolute Gasteiger partial charge is 0.306 e. The standard InChI is InChI=1S/C19H19Cl2NO2/c20-15-7-5-13(6-8-15)18(16-3-1-2-4-17(16)21)22-11-9-14(10-12-22)19(23)24/h1-8,14,18H,9-12H2,(H,23,24). The molecule has 0 radical (unpaired) electrons. The van der Waals surface area contributed by atoms with Crippen LogP contribution in [0, 0.1) is 5.92 Å². The van der Waals surface area contributed by atoms with Gasteiger partial charge in [-0.3, -0.25) is 9.69 Å². The zero-order chi connectivity index (χ0) is 17.1. The first kappa shape index (κ1) is 17.3. The number of carboxylic acid groups (broad SMARTS) is 1. The fourth-order valence-corrected chi connectivity index (χ4v) is 3.70. The number of halogens is 2. The Morgan fingerprint density at radius 1 is 1.04 bits per heavy atom. The highest BCUT2D eigenvalue weighted by Gasteiger charge is 2.30. The number of hydrogen-bond acceptors (Lipinski definition) is 2. The minimum absolute atomic E-state index is 0.00529. The molecule has 0 spiro atoms. The van der Waals surface area contributed by atoms with Gasteiger partial charge in [0.25, 0.3) is 0 Å². The van der Waals surface area contributed by atoms with Gasteiger partial charge in [0.15, 0.2) is 0 Å². The Labute approximate surface area is 151 Å². The third kappa shape index (κ3) is 3.75. The summed E-state index contributed by atoms with van der Waals surface area (Å²) in [6.45, 7) is 1.46. The quantitative estimate of drug-likeness (QED) is 0.841. The van der Waals surface area contributed by atoms with Crippen LogP contribution in [0.15, 0.2) is 48.5 Å². The minimum atomic E-state index is -0.699. The molecule has 3 rings (SSSR count). The molecule has 5 heteroatoms. The molecule has 0 amide bonds. The predicted octanol–water partition coefficient (Wildman–Crippen LogP) is 4.88. The summed E-state index contributed by atoms with van der Waals surface area (Å²) in [5.74, 6) is -0.950. The Morgan fingerprint density at radius 3 is 2.25 bits per heavy atom. The Morgan fingerprint density at radius 2 is 1.67 bits per heavy atom. The number of likely N-dealkylation sites (tertiary alicyclic amines) is 1. The van der Waals surface area contributed by atoms with E-state index >= 15 is 0 Å². The van der Waals surface area contributed by atoms with Crippen LogP contribution in [-0.2, 0) is 4.79 Å². The van der Waals surface area contributed by atoms with Crippen LogP contribution in [-0.4, -0.2) is 29.1 Å². The average molecular weight is 364 g/mol. The first-order valence-corrected chi connectivity index (χ1v) is 8.78. The first-order valence-electron chi connectivity index (χ1n) is 8.03. The third-order valence-corrected chi connectivity index (χ3v) is 5.23. The average Bonchev–Trinajstić information content (AvgIpc) is 2.59. The van der Waals surface area contributed by atoms with Gasteiger partial charge in [0.2, 0.25) is 0 Å². The molecule has 1 saturated heterocycles. The Hall–Kier alpha value is -1.55. The van der Waals surface area contributed by atoms with Crippen molar-refractivity contribution < 1.29 is 9.90 Å². The summed E-state index contributed by atoms with van der Waals surface area (Å²) in [6, 6.07) is 15.6. The molecule has 1 aliphatic rings. The molecule has 1 aliphatic heterocycles. The second-order valence-corrected chi connectivity index (χ2v) is 6.97. The minimum Gasteiger partial charge on any atom is -0.481 e. The summed E-state index contributed by atoms with van der Waals surface area (Å²) < 4.78 is 0. The van der Waals surface area contributed by atoms with E-state index in [-0.39, 0.29) is 12.0 Å². The van der Waals surface area contributed by atoms with E-state index in [0.717, 1.165) is 29.2 Å². The Balaban J connectivity index is 1.93. The Kier molecular flexibility index (Phi) is 5.44. The number of piperidine rings is 1. The normalized spacial score (nSPS) is 17.6. The number of hydrogen-bond donors (Lipinski definition) is 1. The highest BCUT2D eigenvalue weighted by atomic mass is 35.5. The van der Waals surface area contributed by atoms with E-state index < -0.39 is 5.97 Å². The van der Waals surface area contributed by atoms with Crippen LogP contribution >= 0.6 is 23.2 Å². The maximum absolute atomic E-state index is 11.2. The molecule has 0 bridgehead atoms. The summed E-state index contributed by atoms with van der Waals surface area (Å²) in [6.07, 6.45) is 1.31. The van der Waals surface area contributed by atoms with Crippen molar-refractivity contribution >= 4 is 29.2 Å². The molecule has 0 aliphatic carbocycles. The largest absolute Gasteiger partial charge is 0.481 e. The van der Waals surface area contributed by atoms with Gasteiger partial charge in [0, 0.05) is 10.0 Å².